The topological polar surface area (TPSA) is 140 Å². The van der Waals surface area contributed by atoms with Crippen molar-refractivity contribution in [1.29, 1.82) is 0 Å². The van der Waals surface area contributed by atoms with Gasteiger partial charge in [0.25, 0.3) is 15.9 Å². The van der Waals surface area contributed by atoms with E-state index in [0.29, 0.717) is 36.1 Å². The smallest absolute Gasteiger partial charge is 0.281 e. The summed E-state index contributed by atoms with van der Waals surface area (Å²) >= 11 is 6.30. The molecule has 1 saturated carbocycles. The summed E-state index contributed by atoms with van der Waals surface area (Å²) in [4.78, 5) is 21.3. The third-order valence-electron chi connectivity index (χ3n) is 8.43. The molecular formula is C31H42ClN7O4S. The molecule has 0 bridgehead atoms. The number of amides is 1. The number of ether oxygens (including phenoxy) is 1. The van der Waals surface area contributed by atoms with Crippen molar-refractivity contribution in [2.75, 3.05) is 25.0 Å². The summed E-state index contributed by atoms with van der Waals surface area (Å²) in [6.45, 7) is 9.09. The third kappa shape index (κ3) is 8.70. The number of carbonyl (C=O) groups is 1. The molecule has 2 aliphatic rings. The number of rotatable bonds is 15. The summed E-state index contributed by atoms with van der Waals surface area (Å²) in [7, 11) is -4.26. The average Bonchev–Trinajstić information content (AvgIpc) is 3.34. The Balaban J connectivity index is 1.10. The van der Waals surface area contributed by atoms with Crippen LogP contribution < -0.4 is 20.1 Å². The Kier molecular flexibility index (Phi) is 9.81. The number of hydrogen-bond acceptors (Lipinski definition) is 9. The number of pyridine rings is 2. The predicted octanol–water partition coefficient (Wildman–Crippen LogP) is 5.36. The quantitative estimate of drug-likeness (QED) is 0.147. The van der Waals surface area contributed by atoms with Crippen molar-refractivity contribution in [3.05, 3.63) is 53.3 Å². The van der Waals surface area contributed by atoms with Crippen LogP contribution in [0.5, 0.6) is 5.88 Å². The fourth-order valence-electron chi connectivity index (χ4n) is 5.43. The molecule has 1 amide bonds. The molecule has 13 heteroatoms. The molecule has 1 aliphatic heterocycles. The van der Waals surface area contributed by atoms with E-state index in [-0.39, 0.29) is 21.3 Å². The molecule has 238 valence electrons. The molecule has 2 fully saturated rings. The van der Waals surface area contributed by atoms with Crippen LogP contribution in [0.15, 0.2) is 47.6 Å². The molecule has 3 aromatic rings. The number of hydrogen-bond donors (Lipinski definition) is 3. The molecule has 5 rings (SSSR count). The molecule has 44 heavy (non-hydrogen) atoms. The zero-order valence-corrected chi connectivity index (χ0v) is 27.2. The van der Waals surface area contributed by atoms with Crippen molar-refractivity contribution in [3.8, 4) is 11.7 Å². The fourth-order valence-corrected chi connectivity index (χ4v) is 6.60. The van der Waals surface area contributed by atoms with E-state index >= 15 is 0 Å². The van der Waals surface area contributed by atoms with Gasteiger partial charge in [0.15, 0.2) is 10.8 Å². The minimum atomic E-state index is -4.26. The Bertz CT molecular complexity index is 1570. The number of aromatic nitrogens is 4. The zero-order chi connectivity index (χ0) is 31.4. The Morgan fingerprint density at radius 3 is 2.66 bits per heavy atom. The minimum absolute atomic E-state index is 0.0912. The summed E-state index contributed by atoms with van der Waals surface area (Å²) < 4.78 is 35.3. The van der Waals surface area contributed by atoms with Gasteiger partial charge in [0.1, 0.15) is 11.0 Å². The normalized spacial score (nSPS) is 18.6. The first-order valence-corrected chi connectivity index (χ1v) is 17.2. The standard InChI is InChI=1S/C31H42ClN7O4S/c1-30(2)20-22(21-34-30)8-5-4-6-17-33-24-9-7-10-27(35-24)44(41,42)38-29(40)23-11-12-25(36-28(23)32)39-18-13-26(37-39)43-19-16-31(3)14-15-31/h7,9-13,18,22,34H,4-6,8,14-17,19-21H2,1-3H3,(H,33,35)(H,38,40). The van der Waals surface area contributed by atoms with Crippen LogP contribution in [0.25, 0.3) is 5.82 Å². The Hall–Kier alpha value is -3.22. The molecule has 1 aliphatic carbocycles. The second-order valence-corrected chi connectivity index (χ2v) is 14.9. The van der Waals surface area contributed by atoms with E-state index < -0.39 is 15.9 Å². The lowest BCUT2D eigenvalue weighted by atomic mass is 9.93. The second kappa shape index (κ2) is 13.4. The Morgan fingerprint density at radius 2 is 1.93 bits per heavy atom. The van der Waals surface area contributed by atoms with E-state index in [0.717, 1.165) is 38.1 Å². The van der Waals surface area contributed by atoms with E-state index in [4.69, 9.17) is 16.3 Å². The van der Waals surface area contributed by atoms with Gasteiger partial charge in [-0.3, -0.25) is 4.79 Å². The molecule has 1 atom stereocenters. The second-order valence-electron chi connectivity index (χ2n) is 12.9. The molecule has 3 aromatic heterocycles. The van der Waals surface area contributed by atoms with Gasteiger partial charge in [-0.05, 0) is 94.5 Å². The number of anilines is 1. The summed E-state index contributed by atoms with van der Waals surface area (Å²) in [5, 5.41) is 10.7. The Labute approximate surface area is 264 Å². The molecule has 0 spiro atoms. The molecule has 0 radical (unpaired) electrons. The number of halogens is 1. The van der Waals surface area contributed by atoms with E-state index in [1.165, 1.54) is 48.6 Å². The van der Waals surface area contributed by atoms with Crippen molar-refractivity contribution in [2.24, 2.45) is 11.3 Å². The molecule has 11 nitrogen and oxygen atoms in total. The highest BCUT2D eigenvalue weighted by molar-refractivity contribution is 7.90. The van der Waals surface area contributed by atoms with Crippen molar-refractivity contribution in [3.63, 3.8) is 0 Å². The molecule has 4 heterocycles. The van der Waals surface area contributed by atoms with Crippen LogP contribution >= 0.6 is 11.6 Å². The van der Waals surface area contributed by atoms with Crippen molar-refractivity contribution in [1.82, 2.24) is 29.8 Å². The predicted molar refractivity (Wildman–Crippen MR) is 170 cm³/mol. The number of carbonyl (C=O) groups excluding carboxylic acids is 1. The zero-order valence-electron chi connectivity index (χ0n) is 25.6. The van der Waals surface area contributed by atoms with Gasteiger partial charge in [-0.15, -0.1) is 5.10 Å². The maximum atomic E-state index is 13.0. The Morgan fingerprint density at radius 1 is 1.11 bits per heavy atom. The van der Waals surface area contributed by atoms with Crippen LogP contribution in [-0.4, -0.2) is 59.3 Å². The molecule has 3 N–H and O–H groups in total. The molecule has 0 aromatic carbocycles. The van der Waals surface area contributed by atoms with Gasteiger partial charge in [-0.2, -0.15) is 8.42 Å². The van der Waals surface area contributed by atoms with Crippen LogP contribution in [0.1, 0.15) is 82.5 Å². The van der Waals surface area contributed by atoms with Gasteiger partial charge in [-0.25, -0.2) is 19.4 Å². The van der Waals surface area contributed by atoms with Crippen LogP contribution in [0.4, 0.5) is 5.82 Å². The van der Waals surface area contributed by atoms with Crippen LogP contribution in [-0.2, 0) is 10.0 Å². The minimum Gasteiger partial charge on any atom is -0.477 e. The van der Waals surface area contributed by atoms with Gasteiger partial charge in [0, 0.05) is 24.3 Å². The fraction of sp³-hybridized carbons (Fsp3) is 0.548. The highest BCUT2D eigenvalue weighted by Crippen LogP contribution is 2.47. The lowest BCUT2D eigenvalue weighted by molar-refractivity contribution is 0.0981. The first-order valence-electron chi connectivity index (χ1n) is 15.3. The highest BCUT2D eigenvalue weighted by atomic mass is 35.5. The summed E-state index contributed by atoms with van der Waals surface area (Å²) in [6, 6.07) is 9.28. The third-order valence-corrected chi connectivity index (χ3v) is 9.95. The highest BCUT2D eigenvalue weighted by Gasteiger charge is 2.36. The molecular weight excluding hydrogens is 602 g/mol. The van der Waals surface area contributed by atoms with E-state index in [1.54, 1.807) is 24.4 Å². The van der Waals surface area contributed by atoms with Crippen molar-refractivity contribution in [2.45, 2.75) is 82.7 Å². The van der Waals surface area contributed by atoms with Gasteiger partial charge < -0.3 is 15.4 Å². The first-order chi connectivity index (χ1) is 20.9. The van der Waals surface area contributed by atoms with Gasteiger partial charge >= 0.3 is 0 Å². The molecule has 1 saturated heterocycles. The van der Waals surface area contributed by atoms with Crippen LogP contribution in [0.2, 0.25) is 5.15 Å². The largest absolute Gasteiger partial charge is 0.477 e. The van der Waals surface area contributed by atoms with E-state index in [2.05, 4.69) is 46.5 Å². The van der Waals surface area contributed by atoms with Gasteiger partial charge in [-0.1, -0.05) is 37.4 Å². The summed E-state index contributed by atoms with van der Waals surface area (Å²) in [5.41, 5.74) is 0.540. The number of unbranched alkanes of at least 4 members (excludes halogenated alkanes) is 2. The SMILES string of the molecule is CC1(CCOc2ccn(-c3ccc(C(=O)NS(=O)(=O)c4cccc(NCCCCCC5CNC(C)(C)C5)n4)c(Cl)n3)n2)CC1. The van der Waals surface area contributed by atoms with Gasteiger partial charge in [0.05, 0.1) is 12.2 Å². The maximum Gasteiger partial charge on any atom is 0.281 e. The maximum absolute atomic E-state index is 13.0. The summed E-state index contributed by atoms with van der Waals surface area (Å²) in [5.74, 6) is 1.07. The lowest BCUT2D eigenvalue weighted by Crippen LogP contribution is -2.31. The average molecular weight is 644 g/mol. The van der Waals surface area contributed by atoms with Crippen molar-refractivity contribution >= 4 is 33.3 Å². The van der Waals surface area contributed by atoms with E-state index in [9.17, 15) is 13.2 Å². The number of nitrogens with one attached hydrogen (secondary N) is 3. The van der Waals surface area contributed by atoms with E-state index in [1.807, 2.05) is 4.72 Å². The lowest BCUT2D eigenvalue weighted by Gasteiger charge is -2.17. The van der Waals surface area contributed by atoms with Crippen molar-refractivity contribution < 1.29 is 17.9 Å². The monoisotopic (exact) mass is 643 g/mol. The van der Waals surface area contributed by atoms with Crippen LogP contribution in [0, 0.1) is 11.3 Å². The summed E-state index contributed by atoms with van der Waals surface area (Å²) in [6.07, 6.45) is 10.7. The number of nitrogens with zero attached hydrogens (tertiary/aromatic N) is 4. The van der Waals surface area contributed by atoms with Crippen LogP contribution in [0.3, 0.4) is 0 Å². The first kappa shape index (κ1) is 32.2. The number of sulfonamides is 1. The van der Waals surface area contributed by atoms with Gasteiger partial charge in [0.2, 0.25) is 5.88 Å². The molecule has 1 unspecified atom stereocenters.